The molecule has 5 nitrogen and oxygen atoms in total. The molecule has 0 bridgehead atoms. The number of aliphatic carboxylic acids is 1. The third-order valence-electron chi connectivity index (χ3n) is 3.00. The van der Waals surface area contributed by atoms with Crippen LogP contribution in [0, 0.1) is 5.92 Å². The van der Waals surface area contributed by atoms with Crippen molar-refractivity contribution in [1.29, 1.82) is 0 Å². The van der Waals surface area contributed by atoms with Crippen molar-refractivity contribution in [3.05, 3.63) is 0 Å². The van der Waals surface area contributed by atoms with E-state index >= 15 is 0 Å². The maximum Gasteiger partial charge on any atom is 0.319 e. The summed E-state index contributed by atoms with van der Waals surface area (Å²) in [6.07, 6.45) is 2.08. The number of likely N-dealkylation sites (tertiary alicyclic amines) is 1. The fraction of sp³-hybridized carbons (Fsp3) is 0.818. The van der Waals surface area contributed by atoms with Crippen LogP contribution in [-0.4, -0.2) is 53.6 Å². The van der Waals surface area contributed by atoms with Crippen LogP contribution in [0.1, 0.15) is 26.2 Å². The third-order valence-corrected chi connectivity index (χ3v) is 3.00. The SMILES string of the molecule is CCCN(C)C(=O)N1CCC(C(=O)O)CC1. The first-order valence-electron chi connectivity index (χ1n) is 5.79. The monoisotopic (exact) mass is 228 g/mol. The highest BCUT2D eigenvalue weighted by molar-refractivity contribution is 5.75. The Kier molecular flexibility index (Phi) is 4.58. The number of amides is 2. The van der Waals surface area contributed by atoms with E-state index in [0.29, 0.717) is 25.9 Å². The summed E-state index contributed by atoms with van der Waals surface area (Å²) >= 11 is 0. The van der Waals surface area contributed by atoms with Gasteiger partial charge in [-0.25, -0.2) is 4.79 Å². The summed E-state index contributed by atoms with van der Waals surface area (Å²) in [5.74, 6) is -1.02. The maximum atomic E-state index is 11.9. The summed E-state index contributed by atoms with van der Waals surface area (Å²) in [4.78, 5) is 26.1. The van der Waals surface area contributed by atoms with E-state index in [4.69, 9.17) is 5.11 Å². The van der Waals surface area contributed by atoms with Gasteiger partial charge in [0.1, 0.15) is 0 Å². The van der Waals surface area contributed by atoms with E-state index in [1.165, 1.54) is 0 Å². The van der Waals surface area contributed by atoms with E-state index in [-0.39, 0.29) is 11.9 Å². The Morgan fingerprint density at radius 1 is 1.38 bits per heavy atom. The molecule has 1 fully saturated rings. The number of hydrogen-bond donors (Lipinski definition) is 1. The van der Waals surface area contributed by atoms with Crippen LogP contribution in [0.15, 0.2) is 0 Å². The first-order valence-corrected chi connectivity index (χ1v) is 5.79. The highest BCUT2D eigenvalue weighted by atomic mass is 16.4. The van der Waals surface area contributed by atoms with E-state index in [9.17, 15) is 9.59 Å². The van der Waals surface area contributed by atoms with Gasteiger partial charge in [0.2, 0.25) is 0 Å². The molecule has 1 saturated heterocycles. The predicted octanol–water partition coefficient (Wildman–Crippen LogP) is 1.24. The first kappa shape index (κ1) is 12.8. The van der Waals surface area contributed by atoms with Crippen molar-refractivity contribution < 1.29 is 14.7 Å². The van der Waals surface area contributed by atoms with Crippen LogP contribution in [-0.2, 0) is 4.79 Å². The second-order valence-electron chi connectivity index (χ2n) is 4.30. The Morgan fingerprint density at radius 2 is 1.94 bits per heavy atom. The number of rotatable bonds is 3. The van der Waals surface area contributed by atoms with Crippen molar-refractivity contribution in [3.8, 4) is 0 Å². The molecule has 2 amide bonds. The normalized spacial score (nSPS) is 17.2. The summed E-state index contributed by atoms with van der Waals surface area (Å²) in [7, 11) is 1.79. The van der Waals surface area contributed by atoms with E-state index in [1.807, 2.05) is 6.92 Å². The molecule has 0 saturated carbocycles. The molecule has 0 atom stereocenters. The zero-order chi connectivity index (χ0) is 12.1. The van der Waals surface area contributed by atoms with E-state index < -0.39 is 5.97 Å². The van der Waals surface area contributed by atoms with Crippen LogP contribution in [0.5, 0.6) is 0 Å². The van der Waals surface area contributed by atoms with Crippen LogP contribution >= 0.6 is 0 Å². The zero-order valence-corrected chi connectivity index (χ0v) is 9.98. The van der Waals surface area contributed by atoms with Crippen LogP contribution in [0.25, 0.3) is 0 Å². The lowest BCUT2D eigenvalue weighted by atomic mass is 9.97. The molecule has 1 N–H and O–H groups in total. The first-order chi connectivity index (χ1) is 7.56. The van der Waals surface area contributed by atoms with Gasteiger partial charge in [0.15, 0.2) is 0 Å². The lowest BCUT2D eigenvalue weighted by Crippen LogP contribution is -2.46. The average Bonchev–Trinajstić information content (AvgIpc) is 2.28. The summed E-state index contributed by atoms with van der Waals surface area (Å²) < 4.78 is 0. The molecular formula is C11H20N2O3. The van der Waals surface area contributed by atoms with E-state index in [0.717, 1.165) is 13.0 Å². The van der Waals surface area contributed by atoms with Crippen LogP contribution in [0.2, 0.25) is 0 Å². The van der Waals surface area contributed by atoms with Gasteiger partial charge < -0.3 is 14.9 Å². The Morgan fingerprint density at radius 3 is 2.38 bits per heavy atom. The molecule has 0 aromatic carbocycles. The largest absolute Gasteiger partial charge is 0.481 e. The minimum atomic E-state index is -0.742. The van der Waals surface area contributed by atoms with Crippen molar-refractivity contribution >= 4 is 12.0 Å². The Balaban J connectivity index is 2.41. The van der Waals surface area contributed by atoms with Gasteiger partial charge in [-0.05, 0) is 19.3 Å². The van der Waals surface area contributed by atoms with Crippen molar-refractivity contribution in [3.63, 3.8) is 0 Å². The molecule has 0 aromatic rings. The molecule has 92 valence electrons. The van der Waals surface area contributed by atoms with Gasteiger partial charge in [-0.3, -0.25) is 4.79 Å². The molecule has 0 radical (unpaired) electrons. The zero-order valence-electron chi connectivity index (χ0n) is 9.98. The van der Waals surface area contributed by atoms with Gasteiger partial charge in [-0.1, -0.05) is 6.92 Å². The molecule has 0 unspecified atom stereocenters. The lowest BCUT2D eigenvalue weighted by molar-refractivity contribution is -0.143. The Labute approximate surface area is 96.0 Å². The van der Waals surface area contributed by atoms with Gasteiger partial charge in [0, 0.05) is 26.7 Å². The minimum absolute atomic E-state index is 0.0192. The molecule has 1 rings (SSSR count). The van der Waals surface area contributed by atoms with Gasteiger partial charge in [0.05, 0.1) is 5.92 Å². The van der Waals surface area contributed by atoms with Crippen molar-refractivity contribution in [2.45, 2.75) is 26.2 Å². The number of carboxylic acid groups (broad SMARTS) is 1. The van der Waals surface area contributed by atoms with Crippen LogP contribution in [0.4, 0.5) is 4.79 Å². The highest BCUT2D eigenvalue weighted by Gasteiger charge is 2.27. The molecule has 16 heavy (non-hydrogen) atoms. The topological polar surface area (TPSA) is 60.9 Å². The molecule has 1 aliphatic heterocycles. The molecule has 0 aromatic heterocycles. The fourth-order valence-electron chi connectivity index (χ4n) is 1.99. The van der Waals surface area contributed by atoms with Gasteiger partial charge in [-0.2, -0.15) is 0 Å². The number of nitrogens with zero attached hydrogens (tertiary/aromatic N) is 2. The molecule has 0 spiro atoms. The van der Waals surface area contributed by atoms with Crippen molar-refractivity contribution in [1.82, 2.24) is 9.80 Å². The summed E-state index contributed by atoms with van der Waals surface area (Å²) in [6, 6.07) is 0.0192. The Bertz CT molecular complexity index is 260. The standard InChI is InChI=1S/C11H20N2O3/c1-3-6-12(2)11(16)13-7-4-9(5-8-13)10(14)15/h9H,3-8H2,1-2H3,(H,14,15). The quantitative estimate of drug-likeness (QED) is 0.790. The van der Waals surface area contributed by atoms with Gasteiger partial charge in [-0.15, -0.1) is 0 Å². The second-order valence-corrected chi connectivity index (χ2v) is 4.30. The van der Waals surface area contributed by atoms with E-state index in [1.54, 1.807) is 16.8 Å². The third kappa shape index (κ3) is 3.12. The summed E-state index contributed by atoms with van der Waals surface area (Å²) in [5.41, 5.74) is 0. The summed E-state index contributed by atoms with van der Waals surface area (Å²) in [5, 5.41) is 8.84. The van der Waals surface area contributed by atoms with Crippen molar-refractivity contribution in [2.24, 2.45) is 5.92 Å². The number of urea groups is 1. The predicted molar refractivity (Wildman–Crippen MR) is 60.2 cm³/mol. The fourth-order valence-corrected chi connectivity index (χ4v) is 1.99. The highest BCUT2D eigenvalue weighted by Crippen LogP contribution is 2.18. The van der Waals surface area contributed by atoms with Crippen LogP contribution in [0.3, 0.4) is 0 Å². The Hall–Kier alpha value is -1.26. The second kappa shape index (κ2) is 5.72. The van der Waals surface area contributed by atoms with E-state index in [2.05, 4.69) is 0 Å². The summed E-state index contributed by atoms with van der Waals surface area (Å²) in [6.45, 7) is 3.89. The number of carbonyl (C=O) groups is 2. The molecular weight excluding hydrogens is 208 g/mol. The minimum Gasteiger partial charge on any atom is -0.481 e. The lowest BCUT2D eigenvalue weighted by Gasteiger charge is -2.33. The molecule has 1 aliphatic rings. The smallest absolute Gasteiger partial charge is 0.319 e. The van der Waals surface area contributed by atoms with Crippen LogP contribution < -0.4 is 0 Å². The molecule has 0 aliphatic carbocycles. The number of piperidine rings is 1. The van der Waals surface area contributed by atoms with Gasteiger partial charge in [0.25, 0.3) is 0 Å². The average molecular weight is 228 g/mol. The molecule has 1 heterocycles. The number of carboxylic acids is 1. The maximum absolute atomic E-state index is 11.9. The number of carbonyl (C=O) groups excluding carboxylic acids is 1. The number of hydrogen-bond acceptors (Lipinski definition) is 2. The van der Waals surface area contributed by atoms with Gasteiger partial charge >= 0.3 is 12.0 Å². The van der Waals surface area contributed by atoms with Crippen molar-refractivity contribution in [2.75, 3.05) is 26.7 Å². The molecule has 5 heteroatoms.